The van der Waals surface area contributed by atoms with Gasteiger partial charge in [-0.2, -0.15) is 0 Å². The predicted molar refractivity (Wildman–Crippen MR) is 68.5 cm³/mol. The van der Waals surface area contributed by atoms with Crippen LogP contribution in [0.25, 0.3) is 0 Å². The van der Waals surface area contributed by atoms with Crippen LogP contribution in [0, 0.1) is 10.1 Å². The lowest BCUT2D eigenvalue weighted by atomic mass is 10.4. The molecule has 0 bridgehead atoms. The molecular weight excluding hydrogens is 240 g/mol. The fourth-order valence-electron chi connectivity index (χ4n) is 1.18. The molecule has 0 aliphatic heterocycles. The second-order valence-corrected chi connectivity index (χ2v) is 4.93. The molecule has 94 valence electrons. The van der Waals surface area contributed by atoms with Gasteiger partial charge < -0.3 is 5.32 Å². The summed E-state index contributed by atoms with van der Waals surface area (Å²) in [5.74, 6) is 0.290. The van der Waals surface area contributed by atoms with Crippen LogP contribution in [0.5, 0.6) is 0 Å². The second-order valence-electron chi connectivity index (χ2n) is 3.50. The summed E-state index contributed by atoms with van der Waals surface area (Å²) in [4.78, 5) is 18.5. The van der Waals surface area contributed by atoms with Crippen LogP contribution in [0.1, 0.15) is 27.2 Å². The van der Waals surface area contributed by atoms with E-state index in [9.17, 15) is 10.1 Å². The van der Waals surface area contributed by atoms with Crippen LogP contribution in [-0.4, -0.2) is 26.7 Å². The van der Waals surface area contributed by atoms with Gasteiger partial charge in [-0.1, -0.05) is 25.6 Å². The first-order valence-corrected chi connectivity index (χ1v) is 6.38. The summed E-state index contributed by atoms with van der Waals surface area (Å²) in [5, 5.41) is 14.7. The van der Waals surface area contributed by atoms with Crippen LogP contribution in [-0.2, 0) is 0 Å². The van der Waals surface area contributed by atoms with Gasteiger partial charge >= 0.3 is 5.69 Å². The highest BCUT2D eigenvalue weighted by atomic mass is 32.2. The molecule has 0 spiro atoms. The van der Waals surface area contributed by atoms with Gasteiger partial charge in [0.1, 0.15) is 6.33 Å². The molecule has 1 atom stereocenters. The Hall–Kier alpha value is -1.37. The minimum atomic E-state index is -0.428. The zero-order valence-electron chi connectivity index (χ0n) is 10.1. The molecule has 1 heterocycles. The number of nitro groups is 1. The first-order chi connectivity index (χ1) is 8.10. The van der Waals surface area contributed by atoms with Crippen molar-refractivity contribution in [3.05, 3.63) is 16.4 Å². The van der Waals surface area contributed by atoms with E-state index in [1.165, 1.54) is 18.1 Å². The maximum Gasteiger partial charge on any atom is 0.343 e. The molecule has 17 heavy (non-hydrogen) atoms. The number of nitrogens with zero attached hydrogens (tertiary/aromatic N) is 3. The SMILES string of the molecule is CCNc1ncnc(SC(C)CC)c1[N+](=O)[O-]. The molecule has 0 aliphatic carbocycles. The first kappa shape index (κ1) is 13.7. The van der Waals surface area contributed by atoms with Gasteiger partial charge in [-0.3, -0.25) is 10.1 Å². The Morgan fingerprint density at radius 3 is 2.76 bits per heavy atom. The third-order valence-electron chi connectivity index (χ3n) is 2.20. The monoisotopic (exact) mass is 256 g/mol. The lowest BCUT2D eigenvalue weighted by Crippen LogP contribution is -2.06. The van der Waals surface area contributed by atoms with E-state index < -0.39 is 4.92 Å². The van der Waals surface area contributed by atoms with E-state index in [0.717, 1.165) is 6.42 Å². The quantitative estimate of drug-likeness (QED) is 0.365. The first-order valence-electron chi connectivity index (χ1n) is 5.50. The van der Waals surface area contributed by atoms with Crippen LogP contribution >= 0.6 is 11.8 Å². The molecule has 0 aliphatic rings. The normalized spacial score (nSPS) is 12.2. The van der Waals surface area contributed by atoms with Gasteiger partial charge in [0.25, 0.3) is 0 Å². The summed E-state index contributed by atoms with van der Waals surface area (Å²) >= 11 is 1.41. The lowest BCUT2D eigenvalue weighted by Gasteiger charge is -2.09. The van der Waals surface area contributed by atoms with Crippen LogP contribution in [0.3, 0.4) is 0 Å². The Bertz CT molecular complexity index is 400. The molecule has 0 saturated carbocycles. The van der Waals surface area contributed by atoms with Gasteiger partial charge in [0.05, 0.1) is 4.92 Å². The predicted octanol–water partition coefficient (Wildman–Crippen LogP) is 2.71. The average Bonchev–Trinajstić information content (AvgIpc) is 2.29. The zero-order chi connectivity index (χ0) is 12.8. The van der Waals surface area contributed by atoms with Crippen molar-refractivity contribution in [3.8, 4) is 0 Å². The smallest absolute Gasteiger partial charge is 0.343 e. The molecule has 1 aromatic rings. The summed E-state index contributed by atoms with van der Waals surface area (Å²) in [6.45, 7) is 6.51. The largest absolute Gasteiger partial charge is 0.364 e. The number of hydrogen-bond donors (Lipinski definition) is 1. The van der Waals surface area contributed by atoms with Crippen molar-refractivity contribution in [2.24, 2.45) is 0 Å². The maximum atomic E-state index is 11.1. The average molecular weight is 256 g/mol. The molecule has 0 aromatic carbocycles. The highest BCUT2D eigenvalue weighted by Crippen LogP contribution is 2.34. The van der Waals surface area contributed by atoms with E-state index in [2.05, 4.69) is 15.3 Å². The number of anilines is 1. The Kier molecular flexibility index (Phi) is 5.14. The van der Waals surface area contributed by atoms with Crippen molar-refractivity contribution in [1.29, 1.82) is 0 Å². The number of aromatic nitrogens is 2. The summed E-state index contributed by atoms with van der Waals surface area (Å²) in [6, 6.07) is 0. The maximum absolute atomic E-state index is 11.1. The van der Waals surface area contributed by atoms with Gasteiger partial charge in [0.15, 0.2) is 5.03 Å². The summed E-state index contributed by atoms with van der Waals surface area (Å²) in [6.07, 6.45) is 2.29. The molecule has 0 radical (unpaired) electrons. The van der Waals surface area contributed by atoms with E-state index >= 15 is 0 Å². The van der Waals surface area contributed by atoms with Crippen LogP contribution in [0.2, 0.25) is 0 Å². The van der Waals surface area contributed by atoms with Gasteiger partial charge in [0, 0.05) is 11.8 Å². The van der Waals surface area contributed by atoms with Crippen molar-refractivity contribution in [2.75, 3.05) is 11.9 Å². The molecule has 0 saturated heterocycles. The van der Waals surface area contributed by atoms with Gasteiger partial charge in [-0.25, -0.2) is 9.97 Å². The molecule has 1 aromatic heterocycles. The van der Waals surface area contributed by atoms with Gasteiger partial charge in [0.2, 0.25) is 5.82 Å². The third kappa shape index (κ3) is 3.55. The fraction of sp³-hybridized carbons (Fsp3) is 0.600. The Labute approximate surface area is 104 Å². The highest BCUT2D eigenvalue weighted by Gasteiger charge is 2.23. The van der Waals surface area contributed by atoms with Gasteiger partial charge in [-0.05, 0) is 13.3 Å². The lowest BCUT2D eigenvalue weighted by molar-refractivity contribution is -0.387. The summed E-state index contributed by atoms with van der Waals surface area (Å²) in [5.41, 5.74) is -0.0281. The molecule has 7 heteroatoms. The standard InChI is InChI=1S/C10H16N4O2S/c1-4-7(3)17-10-8(14(15)16)9(11-5-2)12-6-13-10/h6-7H,4-5H2,1-3H3,(H,11,12,13). The Morgan fingerprint density at radius 2 is 2.24 bits per heavy atom. The van der Waals surface area contributed by atoms with E-state index in [4.69, 9.17) is 0 Å². The topological polar surface area (TPSA) is 81.0 Å². The summed E-state index contributed by atoms with van der Waals surface area (Å²) in [7, 11) is 0. The van der Waals surface area contributed by atoms with E-state index in [0.29, 0.717) is 17.4 Å². The van der Waals surface area contributed by atoms with E-state index in [-0.39, 0.29) is 10.9 Å². The molecule has 1 N–H and O–H groups in total. The van der Waals surface area contributed by atoms with E-state index in [1.807, 2.05) is 20.8 Å². The van der Waals surface area contributed by atoms with Crippen LogP contribution < -0.4 is 5.32 Å². The second kappa shape index (κ2) is 6.39. The van der Waals surface area contributed by atoms with Gasteiger partial charge in [-0.15, -0.1) is 0 Å². The van der Waals surface area contributed by atoms with Crippen molar-refractivity contribution in [1.82, 2.24) is 9.97 Å². The van der Waals surface area contributed by atoms with Crippen LogP contribution in [0.4, 0.5) is 11.5 Å². The zero-order valence-corrected chi connectivity index (χ0v) is 11.0. The van der Waals surface area contributed by atoms with Crippen molar-refractivity contribution in [2.45, 2.75) is 37.5 Å². The third-order valence-corrected chi connectivity index (χ3v) is 3.46. The molecule has 0 amide bonds. The highest BCUT2D eigenvalue weighted by molar-refractivity contribution is 8.00. The molecular formula is C10H16N4O2S. The minimum Gasteiger partial charge on any atom is -0.364 e. The van der Waals surface area contributed by atoms with Crippen molar-refractivity contribution >= 4 is 23.3 Å². The molecule has 1 rings (SSSR count). The summed E-state index contributed by atoms with van der Waals surface area (Å²) < 4.78 is 0. The molecule has 0 fully saturated rings. The fourth-order valence-corrected chi connectivity index (χ4v) is 2.12. The number of rotatable bonds is 6. The number of hydrogen-bond acceptors (Lipinski definition) is 6. The van der Waals surface area contributed by atoms with Crippen molar-refractivity contribution < 1.29 is 4.92 Å². The molecule has 1 unspecified atom stereocenters. The van der Waals surface area contributed by atoms with Crippen LogP contribution in [0.15, 0.2) is 11.4 Å². The van der Waals surface area contributed by atoms with E-state index in [1.54, 1.807) is 0 Å². The Morgan fingerprint density at radius 1 is 1.53 bits per heavy atom. The number of nitrogens with one attached hydrogen (secondary N) is 1. The molecule has 6 nitrogen and oxygen atoms in total. The number of thioether (sulfide) groups is 1. The van der Waals surface area contributed by atoms with Crippen molar-refractivity contribution in [3.63, 3.8) is 0 Å². The Balaban J connectivity index is 3.10. The minimum absolute atomic E-state index is 0.0281.